The van der Waals surface area contributed by atoms with Crippen molar-refractivity contribution in [2.24, 2.45) is 0 Å². The van der Waals surface area contributed by atoms with Crippen molar-refractivity contribution in [3.05, 3.63) is 35.9 Å². The van der Waals surface area contributed by atoms with Crippen LogP contribution in [0.25, 0.3) is 0 Å². The standard InChI is InChI=1S/C15H18O3/c16-12-6-7-15-14(9-8-13(12)18-15)17-10-11-4-2-1-3-5-11/h1-5,13-15H,6-10H2/t13-,14-,15-/m1/s1. The first-order valence-corrected chi connectivity index (χ1v) is 6.66. The molecule has 2 bridgehead atoms. The molecule has 0 saturated carbocycles. The van der Waals surface area contributed by atoms with Crippen LogP contribution in [0.2, 0.25) is 0 Å². The Labute approximate surface area is 107 Å². The molecule has 3 atom stereocenters. The van der Waals surface area contributed by atoms with Crippen LogP contribution in [0.1, 0.15) is 31.2 Å². The molecule has 0 spiro atoms. The minimum atomic E-state index is -0.152. The molecule has 0 aromatic heterocycles. The maximum Gasteiger partial charge on any atom is 0.161 e. The van der Waals surface area contributed by atoms with Crippen molar-refractivity contribution in [1.29, 1.82) is 0 Å². The number of fused-ring (bicyclic) bond motifs is 2. The molecule has 96 valence electrons. The van der Waals surface area contributed by atoms with Crippen molar-refractivity contribution < 1.29 is 14.3 Å². The van der Waals surface area contributed by atoms with Crippen LogP contribution in [0.3, 0.4) is 0 Å². The van der Waals surface area contributed by atoms with Gasteiger partial charge in [0.15, 0.2) is 5.78 Å². The van der Waals surface area contributed by atoms with Crippen molar-refractivity contribution >= 4 is 5.78 Å². The number of Topliss-reactive ketones (excluding diaryl/α,β-unsaturated/α-hetero) is 1. The van der Waals surface area contributed by atoms with Crippen molar-refractivity contribution in [2.45, 2.75) is 50.6 Å². The number of benzene rings is 1. The third-order valence-corrected chi connectivity index (χ3v) is 3.81. The van der Waals surface area contributed by atoms with E-state index in [0.29, 0.717) is 13.0 Å². The minimum absolute atomic E-state index is 0.116. The van der Waals surface area contributed by atoms with Gasteiger partial charge in [0.05, 0.1) is 18.8 Å². The smallest absolute Gasteiger partial charge is 0.161 e. The van der Waals surface area contributed by atoms with E-state index in [2.05, 4.69) is 12.1 Å². The van der Waals surface area contributed by atoms with E-state index >= 15 is 0 Å². The highest BCUT2D eigenvalue weighted by Gasteiger charge is 2.38. The first-order valence-electron chi connectivity index (χ1n) is 6.66. The number of hydrogen-bond acceptors (Lipinski definition) is 3. The molecule has 0 N–H and O–H groups in total. The van der Waals surface area contributed by atoms with E-state index in [1.165, 1.54) is 5.56 Å². The highest BCUT2D eigenvalue weighted by atomic mass is 16.6. The molecule has 2 aliphatic rings. The molecule has 18 heavy (non-hydrogen) atoms. The number of ketones is 1. The summed E-state index contributed by atoms with van der Waals surface area (Å²) in [6.45, 7) is 0.629. The van der Waals surface area contributed by atoms with Crippen LogP contribution in [-0.2, 0) is 20.9 Å². The van der Waals surface area contributed by atoms with Crippen molar-refractivity contribution in [3.8, 4) is 0 Å². The molecule has 0 aliphatic carbocycles. The number of hydrogen-bond donors (Lipinski definition) is 0. The van der Waals surface area contributed by atoms with Crippen LogP contribution in [0.5, 0.6) is 0 Å². The molecule has 2 saturated heterocycles. The van der Waals surface area contributed by atoms with Crippen LogP contribution in [0.15, 0.2) is 30.3 Å². The maximum atomic E-state index is 11.5. The number of carbonyl (C=O) groups excluding carboxylic acids is 1. The highest BCUT2D eigenvalue weighted by Crippen LogP contribution is 2.31. The SMILES string of the molecule is O=C1CC[C@H]2O[C@@H]1CC[C@H]2OCc1ccccc1. The summed E-state index contributed by atoms with van der Waals surface area (Å²) in [6.07, 6.45) is 3.33. The average Bonchev–Trinajstić information content (AvgIpc) is 2.43. The summed E-state index contributed by atoms with van der Waals surface area (Å²) >= 11 is 0. The quantitative estimate of drug-likeness (QED) is 0.822. The van der Waals surface area contributed by atoms with E-state index in [1.807, 2.05) is 18.2 Å². The second kappa shape index (κ2) is 5.21. The number of rotatable bonds is 3. The van der Waals surface area contributed by atoms with E-state index < -0.39 is 0 Å². The molecule has 3 heteroatoms. The zero-order valence-corrected chi connectivity index (χ0v) is 10.4. The van der Waals surface area contributed by atoms with E-state index in [9.17, 15) is 4.79 Å². The molecule has 1 aromatic rings. The lowest BCUT2D eigenvalue weighted by atomic mass is 9.89. The molecular weight excluding hydrogens is 228 g/mol. The summed E-state index contributed by atoms with van der Waals surface area (Å²) < 4.78 is 11.7. The van der Waals surface area contributed by atoms with Crippen molar-refractivity contribution in [2.75, 3.05) is 0 Å². The Bertz CT molecular complexity index is 415. The largest absolute Gasteiger partial charge is 0.371 e. The fourth-order valence-electron chi connectivity index (χ4n) is 2.77. The Morgan fingerprint density at radius 2 is 2.00 bits per heavy atom. The van der Waals surface area contributed by atoms with Crippen LogP contribution < -0.4 is 0 Å². The van der Waals surface area contributed by atoms with Gasteiger partial charge in [0.1, 0.15) is 6.10 Å². The summed E-state index contributed by atoms with van der Waals surface area (Å²) in [7, 11) is 0. The number of carbonyl (C=O) groups is 1. The van der Waals surface area contributed by atoms with Gasteiger partial charge in [-0.2, -0.15) is 0 Å². The van der Waals surface area contributed by atoms with Gasteiger partial charge in [0, 0.05) is 6.42 Å². The monoisotopic (exact) mass is 246 g/mol. The summed E-state index contributed by atoms with van der Waals surface area (Å²) in [5, 5.41) is 0. The van der Waals surface area contributed by atoms with E-state index in [0.717, 1.165) is 19.3 Å². The Morgan fingerprint density at radius 3 is 2.83 bits per heavy atom. The molecule has 3 rings (SSSR count). The molecule has 0 amide bonds. The maximum absolute atomic E-state index is 11.5. The van der Waals surface area contributed by atoms with Crippen LogP contribution in [0, 0.1) is 0 Å². The predicted octanol–water partition coefficient (Wildman–Crippen LogP) is 2.48. The zero-order valence-electron chi connectivity index (χ0n) is 10.4. The lowest BCUT2D eigenvalue weighted by Gasteiger charge is -2.39. The van der Waals surface area contributed by atoms with Gasteiger partial charge in [-0.1, -0.05) is 30.3 Å². The molecular formula is C15H18O3. The van der Waals surface area contributed by atoms with Gasteiger partial charge in [-0.15, -0.1) is 0 Å². The van der Waals surface area contributed by atoms with E-state index in [-0.39, 0.29) is 24.1 Å². The number of ether oxygens (including phenoxy) is 2. The molecule has 2 heterocycles. The summed E-state index contributed by atoms with van der Waals surface area (Å²) in [5.74, 6) is 0.271. The van der Waals surface area contributed by atoms with Crippen LogP contribution in [-0.4, -0.2) is 24.1 Å². The highest BCUT2D eigenvalue weighted by molar-refractivity contribution is 5.83. The van der Waals surface area contributed by atoms with E-state index in [1.54, 1.807) is 0 Å². The van der Waals surface area contributed by atoms with Gasteiger partial charge in [0.25, 0.3) is 0 Å². The molecule has 2 aliphatic heterocycles. The minimum Gasteiger partial charge on any atom is -0.371 e. The molecule has 1 aromatic carbocycles. The van der Waals surface area contributed by atoms with Crippen LogP contribution in [0.4, 0.5) is 0 Å². The molecule has 2 fully saturated rings. The van der Waals surface area contributed by atoms with Gasteiger partial charge in [-0.05, 0) is 24.8 Å². The van der Waals surface area contributed by atoms with Gasteiger partial charge in [0.2, 0.25) is 0 Å². The Morgan fingerprint density at radius 1 is 1.17 bits per heavy atom. The van der Waals surface area contributed by atoms with Crippen molar-refractivity contribution in [1.82, 2.24) is 0 Å². The van der Waals surface area contributed by atoms with E-state index in [4.69, 9.17) is 9.47 Å². The first kappa shape index (κ1) is 11.9. The topological polar surface area (TPSA) is 35.5 Å². The summed E-state index contributed by atoms with van der Waals surface area (Å²) in [5.41, 5.74) is 1.19. The molecule has 0 radical (unpaired) electrons. The average molecular weight is 246 g/mol. The predicted molar refractivity (Wildman–Crippen MR) is 67.2 cm³/mol. The second-order valence-corrected chi connectivity index (χ2v) is 5.08. The van der Waals surface area contributed by atoms with Crippen LogP contribution >= 0.6 is 0 Å². The fourth-order valence-corrected chi connectivity index (χ4v) is 2.77. The zero-order chi connectivity index (χ0) is 12.4. The normalized spacial score (nSPS) is 31.3. The fraction of sp³-hybridized carbons (Fsp3) is 0.533. The third-order valence-electron chi connectivity index (χ3n) is 3.81. The summed E-state index contributed by atoms with van der Waals surface area (Å²) in [4.78, 5) is 11.5. The van der Waals surface area contributed by atoms with Crippen molar-refractivity contribution in [3.63, 3.8) is 0 Å². The lowest BCUT2D eigenvalue weighted by Crippen LogP contribution is -2.47. The molecule has 0 unspecified atom stereocenters. The second-order valence-electron chi connectivity index (χ2n) is 5.08. The Hall–Kier alpha value is -1.19. The first-order chi connectivity index (χ1) is 8.83. The Balaban J connectivity index is 1.56. The Kier molecular flexibility index (Phi) is 3.43. The van der Waals surface area contributed by atoms with Gasteiger partial charge in [-0.25, -0.2) is 0 Å². The summed E-state index contributed by atoms with van der Waals surface area (Å²) in [6, 6.07) is 10.2. The van der Waals surface area contributed by atoms with Gasteiger partial charge < -0.3 is 9.47 Å². The van der Waals surface area contributed by atoms with Gasteiger partial charge in [-0.3, -0.25) is 4.79 Å². The lowest BCUT2D eigenvalue weighted by molar-refractivity contribution is -0.176. The molecule has 3 nitrogen and oxygen atoms in total. The third kappa shape index (κ3) is 2.47. The van der Waals surface area contributed by atoms with Gasteiger partial charge >= 0.3 is 0 Å².